The lowest BCUT2D eigenvalue weighted by atomic mass is 10.0. The number of nitrogens with zero attached hydrogens (tertiary/aromatic N) is 4. The van der Waals surface area contributed by atoms with Crippen LogP contribution >= 0.6 is 11.6 Å². The summed E-state index contributed by atoms with van der Waals surface area (Å²) in [6.45, 7) is 1.67. The molecule has 1 N–H and O–H groups in total. The summed E-state index contributed by atoms with van der Waals surface area (Å²) in [6.07, 6.45) is 0. The maximum atomic E-state index is 13.0. The summed E-state index contributed by atoms with van der Waals surface area (Å²) in [7, 11) is 0. The molecular formula is C19H18ClN5O2. The van der Waals surface area contributed by atoms with Crippen LogP contribution in [-0.4, -0.2) is 45.4 Å². The van der Waals surface area contributed by atoms with E-state index in [2.05, 4.69) is 15.6 Å². The number of rotatable bonds is 3. The Labute approximate surface area is 160 Å². The Morgan fingerprint density at radius 1 is 1.19 bits per heavy atom. The molecule has 3 aromatic rings. The van der Waals surface area contributed by atoms with Crippen LogP contribution in [0.1, 0.15) is 11.6 Å². The third-order valence-corrected chi connectivity index (χ3v) is 5.09. The molecule has 0 aliphatic carbocycles. The first-order valence-corrected chi connectivity index (χ1v) is 9.10. The topological polar surface area (TPSA) is 80.1 Å². The zero-order valence-corrected chi connectivity index (χ0v) is 15.3. The van der Waals surface area contributed by atoms with Gasteiger partial charge in [-0.2, -0.15) is 0 Å². The average Bonchev–Trinajstić information content (AvgIpc) is 2.71. The number of hydrogen-bond donors (Lipinski definition) is 1. The smallest absolute Gasteiger partial charge is 0.278 e. The fourth-order valence-corrected chi connectivity index (χ4v) is 3.63. The quantitative estimate of drug-likeness (QED) is 0.743. The minimum Gasteiger partial charge on any atom is -0.331 e. The molecule has 0 spiro atoms. The monoisotopic (exact) mass is 383 g/mol. The number of fused-ring (bicyclic) bond motifs is 1. The Morgan fingerprint density at radius 3 is 2.81 bits per heavy atom. The molecule has 1 atom stereocenters. The lowest BCUT2D eigenvalue weighted by Crippen LogP contribution is -2.50. The third kappa shape index (κ3) is 3.43. The van der Waals surface area contributed by atoms with Gasteiger partial charge in [0.15, 0.2) is 0 Å². The molecule has 1 aliphatic rings. The predicted molar refractivity (Wildman–Crippen MR) is 103 cm³/mol. The molecule has 4 rings (SSSR count). The molecule has 0 saturated carbocycles. The van der Waals surface area contributed by atoms with Crippen molar-refractivity contribution >= 4 is 28.4 Å². The molecule has 7 nitrogen and oxygen atoms in total. The maximum absolute atomic E-state index is 13.0. The first-order chi connectivity index (χ1) is 13.1. The molecule has 2 aromatic carbocycles. The zero-order valence-electron chi connectivity index (χ0n) is 14.5. The van der Waals surface area contributed by atoms with E-state index in [0.29, 0.717) is 35.6 Å². The van der Waals surface area contributed by atoms with Crippen LogP contribution in [0.25, 0.3) is 10.9 Å². The van der Waals surface area contributed by atoms with Crippen LogP contribution in [-0.2, 0) is 11.3 Å². The van der Waals surface area contributed by atoms with Crippen LogP contribution in [0.5, 0.6) is 0 Å². The fraction of sp³-hybridized carbons (Fsp3) is 0.263. The highest BCUT2D eigenvalue weighted by Crippen LogP contribution is 2.28. The van der Waals surface area contributed by atoms with Crippen LogP contribution in [0.15, 0.2) is 53.3 Å². The summed E-state index contributed by atoms with van der Waals surface area (Å²) in [4.78, 5) is 27.3. The number of carbonyl (C=O) groups is 1. The summed E-state index contributed by atoms with van der Waals surface area (Å²) < 4.78 is 1.12. The maximum Gasteiger partial charge on any atom is 0.278 e. The second kappa shape index (κ2) is 7.46. The van der Waals surface area contributed by atoms with Crippen molar-refractivity contribution in [1.82, 2.24) is 25.2 Å². The summed E-state index contributed by atoms with van der Waals surface area (Å²) in [5.74, 6) is -0.187. The average molecular weight is 384 g/mol. The number of piperazine rings is 1. The minimum absolute atomic E-state index is 0.155. The van der Waals surface area contributed by atoms with Gasteiger partial charge in [-0.25, -0.2) is 4.68 Å². The van der Waals surface area contributed by atoms with E-state index in [1.807, 2.05) is 24.3 Å². The predicted octanol–water partition coefficient (Wildman–Crippen LogP) is 1.62. The van der Waals surface area contributed by atoms with Gasteiger partial charge < -0.3 is 10.2 Å². The van der Waals surface area contributed by atoms with Crippen molar-refractivity contribution in [3.05, 3.63) is 69.5 Å². The van der Waals surface area contributed by atoms with E-state index in [1.54, 1.807) is 29.2 Å². The van der Waals surface area contributed by atoms with Crippen molar-refractivity contribution in [2.75, 3.05) is 19.6 Å². The first kappa shape index (κ1) is 17.6. The van der Waals surface area contributed by atoms with Gasteiger partial charge >= 0.3 is 0 Å². The third-order valence-electron chi connectivity index (χ3n) is 4.74. The van der Waals surface area contributed by atoms with Crippen molar-refractivity contribution in [2.45, 2.75) is 12.6 Å². The zero-order chi connectivity index (χ0) is 18.8. The van der Waals surface area contributed by atoms with Crippen molar-refractivity contribution in [2.24, 2.45) is 0 Å². The van der Waals surface area contributed by atoms with Gasteiger partial charge in [-0.1, -0.05) is 47.1 Å². The van der Waals surface area contributed by atoms with Gasteiger partial charge in [0, 0.05) is 24.7 Å². The number of amides is 1. The van der Waals surface area contributed by atoms with Crippen LogP contribution in [0, 0.1) is 0 Å². The van der Waals surface area contributed by atoms with Gasteiger partial charge in [-0.3, -0.25) is 9.59 Å². The normalized spacial score (nSPS) is 17.2. The Morgan fingerprint density at radius 2 is 1.96 bits per heavy atom. The van der Waals surface area contributed by atoms with E-state index in [9.17, 15) is 9.59 Å². The van der Waals surface area contributed by atoms with Crippen LogP contribution in [0.4, 0.5) is 0 Å². The highest BCUT2D eigenvalue weighted by molar-refractivity contribution is 6.31. The van der Waals surface area contributed by atoms with Gasteiger partial charge in [0.25, 0.3) is 5.56 Å². The van der Waals surface area contributed by atoms with Crippen LogP contribution in [0.2, 0.25) is 5.02 Å². The van der Waals surface area contributed by atoms with Crippen molar-refractivity contribution in [3.63, 3.8) is 0 Å². The van der Waals surface area contributed by atoms with Crippen LogP contribution < -0.4 is 10.9 Å². The highest BCUT2D eigenvalue weighted by atomic mass is 35.5. The summed E-state index contributed by atoms with van der Waals surface area (Å²) in [5, 5.41) is 12.3. The number of carbonyl (C=O) groups excluding carboxylic acids is 1. The van der Waals surface area contributed by atoms with Crippen LogP contribution in [0.3, 0.4) is 0 Å². The number of benzene rings is 2. The van der Waals surface area contributed by atoms with Gasteiger partial charge in [0.2, 0.25) is 5.91 Å². The second-order valence-corrected chi connectivity index (χ2v) is 6.81. The van der Waals surface area contributed by atoms with E-state index >= 15 is 0 Å². The van der Waals surface area contributed by atoms with Crippen molar-refractivity contribution < 1.29 is 4.79 Å². The second-order valence-electron chi connectivity index (χ2n) is 6.40. The Kier molecular flexibility index (Phi) is 4.87. The van der Waals surface area contributed by atoms with Crippen molar-refractivity contribution in [1.29, 1.82) is 0 Å². The molecule has 1 fully saturated rings. The van der Waals surface area contributed by atoms with E-state index in [-0.39, 0.29) is 24.1 Å². The van der Waals surface area contributed by atoms with Gasteiger partial charge in [0.1, 0.15) is 12.1 Å². The SMILES string of the molecule is O=C(Cn1nnc2ccccc2c1=O)N1CCNCC1c1ccccc1Cl. The molecule has 1 amide bonds. The molecule has 0 radical (unpaired) electrons. The molecule has 1 aromatic heterocycles. The summed E-state index contributed by atoms with van der Waals surface area (Å²) in [6, 6.07) is 14.3. The molecule has 1 saturated heterocycles. The number of aromatic nitrogens is 3. The Hall–Kier alpha value is -2.77. The van der Waals surface area contributed by atoms with E-state index in [0.717, 1.165) is 10.2 Å². The molecule has 27 heavy (non-hydrogen) atoms. The molecule has 0 bridgehead atoms. The van der Waals surface area contributed by atoms with Crippen molar-refractivity contribution in [3.8, 4) is 0 Å². The summed E-state index contributed by atoms with van der Waals surface area (Å²) in [5.41, 5.74) is 1.08. The molecule has 1 aliphatic heterocycles. The van der Waals surface area contributed by atoms with Gasteiger partial charge in [-0.15, -0.1) is 5.10 Å². The van der Waals surface area contributed by atoms with Gasteiger partial charge in [0.05, 0.1) is 11.4 Å². The van der Waals surface area contributed by atoms with Gasteiger partial charge in [-0.05, 0) is 23.8 Å². The fourth-order valence-electron chi connectivity index (χ4n) is 3.37. The van der Waals surface area contributed by atoms with E-state index in [1.165, 1.54) is 0 Å². The lowest BCUT2D eigenvalue weighted by Gasteiger charge is -2.37. The standard InChI is InChI=1S/C19H18ClN5O2/c20-15-7-3-1-5-13(15)17-11-21-9-10-24(17)18(26)12-25-19(27)14-6-2-4-8-16(14)22-23-25/h1-8,17,21H,9-12H2. The number of nitrogens with one attached hydrogen (secondary N) is 1. The highest BCUT2D eigenvalue weighted by Gasteiger charge is 2.29. The molecular weight excluding hydrogens is 366 g/mol. The van der Waals surface area contributed by atoms with E-state index in [4.69, 9.17) is 11.6 Å². The number of hydrogen-bond acceptors (Lipinski definition) is 5. The molecule has 2 heterocycles. The lowest BCUT2D eigenvalue weighted by molar-refractivity contribution is -0.135. The Bertz CT molecular complexity index is 1050. The summed E-state index contributed by atoms with van der Waals surface area (Å²) >= 11 is 6.34. The molecule has 1 unspecified atom stereocenters. The largest absolute Gasteiger partial charge is 0.331 e. The van der Waals surface area contributed by atoms with E-state index < -0.39 is 0 Å². The number of halogens is 1. The first-order valence-electron chi connectivity index (χ1n) is 8.72. The molecule has 8 heteroatoms. The molecule has 138 valence electrons. The minimum atomic E-state index is -0.321. The Balaban J connectivity index is 1.62.